The van der Waals surface area contributed by atoms with E-state index in [-0.39, 0.29) is 20.7 Å². The highest BCUT2D eigenvalue weighted by molar-refractivity contribution is 7.93. The summed E-state index contributed by atoms with van der Waals surface area (Å²) in [4.78, 5) is 23.6. The minimum atomic E-state index is -4.17. The van der Waals surface area contributed by atoms with E-state index in [1.807, 2.05) is 0 Å². The number of halogens is 1. The van der Waals surface area contributed by atoms with Crippen LogP contribution in [0.4, 0.5) is 5.88 Å². The molecule has 0 radical (unpaired) electrons. The van der Waals surface area contributed by atoms with Crippen LogP contribution in [-0.2, 0) is 14.8 Å². The van der Waals surface area contributed by atoms with E-state index in [2.05, 4.69) is 15.2 Å². The molecule has 2 aromatic rings. The van der Waals surface area contributed by atoms with Gasteiger partial charge in [0.1, 0.15) is 20.5 Å². The normalized spacial score (nSPS) is 11.6. The molecule has 2 rings (SSSR count). The van der Waals surface area contributed by atoms with Crippen LogP contribution >= 0.6 is 22.9 Å². The Labute approximate surface area is 153 Å². The van der Waals surface area contributed by atoms with Crippen LogP contribution in [0.2, 0.25) is 5.02 Å². The Balaban J connectivity index is 2.38. The molecule has 0 aliphatic heterocycles. The van der Waals surface area contributed by atoms with Crippen LogP contribution in [-0.4, -0.2) is 25.4 Å². The molecule has 0 fully saturated rings. The van der Waals surface area contributed by atoms with E-state index in [4.69, 9.17) is 16.1 Å². The van der Waals surface area contributed by atoms with Crippen molar-refractivity contribution in [3.63, 3.8) is 0 Å². The summed E-state index contributed by atoms with van der Waals surface area (Å²) in [6.07, 6.45) is 0. The van der Waals surface area contributed by atoms with Crippen molar-refractivity contribution in [3.05, 3.63) is 26.5 Å². The Morgan fingerprint density at radius 1 is 1.32 bits per heavy atom. The summed E-state index contributed by atoms with van der Waals surface area (Å²) >= 11 is 6.84. The predicted molar refractivity (Wildman–Crippen MR) is 93.4 cm³/mol. The van der Waals surface area contributed by atoms with Crippen molar-refractivity contribution in [3.8, 4) is 0 Å². The number of amides is 2. The molecule has 0 aromatic carbocycles. The summed E-state index contributed by atoms with van der Waals surface area (Å²) in [6, 6.07) is 0. The minimum Gasteiger partial charge on any atom is -0.336 e. The summed E-state index contributed by atoms with van der Waals surface area (Å²) in [5.41, 5.74) is 0.675. The monoisotopic (exact) mass is 405 g/mol. The second kappa shape index (κ2) is 7.14. The van der Waals surface area contributed by atoms with Crippen LogP contribution in [0.3, 0.4) is 0 Å². The van der Waals surface area contributed by atoms with Crippen molar-refractivity contribution < 1.29 is 22.5 Å². The maximum Gasteiger partial charge on any atom is 0.269 e. The second-order valence-corrected chi connectivity index (χ2v) is 8.44. The smallest absolute Gasteiger partial charge is 0.269 e. The Kier molecular flexibility index (Phi) is 5.55. The molecule has 2 aromatic heterocycles. The highest BCUT2D eigenvalue weighted by Gasteiger charge is 2.30. The van der Waals surface area contributed by atoms with Crippen LogP contribution in [0, 0.1) is 19.8 Å². The van der Waals surface area contributed by atoms with Crippen molar-refractivity contribution in [2.24, 2.45) is 5.92 Å². The highest BCUT2D eigenvalue weighted by atomic mass is 35.5. The van der Waals surface area contributed by atoms with E-state index in [0.29, 0.717) is 11.3 Å². The van der Waals surface area contributed by atoms with Crippen LogP contribution in [0.5, 0.6) is 0 Å². The summed E-state index contributed by atoms with van der Waals surface area (Å²) < 4.78 is 32.4. The number of carbonyl (C=O) groups is 2. The number of rotatable bonds is 5. The van der Waals surface area contributed by atoms with Crippen molar-refractivity contribution in [2.45, 2.75) is 32.6 Å². The van der Waals surface area contributed by atoms with Gasteiger partial charge in [0.25, 0.3) is 21.8 Å². The van der Waals surface area contributed by atoms with Gasteiger partial charge in [0, 0.05) is 5.92 Å². The number of hydrogen-bond acceptors (Lipinski definition) is 7. The van der Waals surface area contributed by atoms with Gasteiger partial charge in [-0.2, -0.15) is 0 Å². The molecule has 2 heterocycles. The third-order valence-electron chi connectivity index (χ3n) is 3.17. The fraction of sp³-hybridized carbons (Fsp3) is 0.357. The number of nitrogens with zero attached hydrogens (tertiary/aromatic N) is 1. The largest absolute Gasteiger partial charge is 0.336 e. The van der Waals surface area contributed by atoms with E-state index >= 15 is 0 Å². The lowest BCUT2D eigenvalue weighted by Gasteiger charge is -2.09. The summed E-state index contributed by atoms with van der Waals surface area (Å²) in [5.74, 6) is -1.94. The van der Waals surface area contributed by atoms with Gasteiger partial charge in [0.15, 0.2) is 0 Å². The molecule has 0 unspecified atom stereocenters. The Morgan fingerprint density at radius 2 is 1.96 bits per heavy atom. The van der Waals surface area contributed by atoms with Gasteiger partial charge in [-0.1, -0.05) is 30.6 Å². The molecular formula is C14H16ClN3O5S2. The third kappa shape index (κ3) is 4.02. The van der Waals surface area contributed by atoms with E-state index in [1.165, 1.54) is 5.38 Å². The SMILES string of the molecule is Cc1csc(C(=O)NC(=O)C(C)C)c1S(=O)(=O)Nc1onc(C)c1Cl. The van der Waals surface area contributed by atoms with Gasteiger partial charge in [0.2, 0.25) is 5.91 Å². The summed E-state index contributed by atoms with van der Waals surface area (Å²) in [7, 11) is -4.17. The van der Waals surface area contributed by atoms with Crippen molar-refractivity contribution in [2.75, 3.05) is 4.72 Å². The fourth-order valence-electron chi connectivity index (χ4n) is 1.83. The molecule has 0 spiro atoms. The number of anilines is 1. The zero-order valence-electron chi connectivity index (χ0n) is 13.8. The zero-order valence-corrected chi connectivity index (χ0v) is 16.2. The van der Waals surface area contributed by atoms with E-state index in [1.54, 1.807) is 27.7 Å². The number of carbonyl (C=O) groups excluding carboxylic acids is 2. The molecule has 0 saturated heterocycles. The second-order valence-electron chi connectivity index (χ2n) is 5.57. The van der Waals surface area contributed by atoms with Gasteiger partial charge < -0.3 is 4.52 Å². The van der Waals surface area contributed by atoms with Crippen LogP contribution in [0.15, 0.2) is 14.8 Å². The number of nitrogens with one attached hydrogen (secondary N) is 2. The van der Waals surface area contributed by atoms with Gasteiger partial charge in [-0.15, -0.1) is 11.3 Å². The lowest BCUT2D eigenvalue weighted by molar-refractivity contribution is -0.122. The lowest BCUT2D eigenvalue weighted by Crippen LogP contribution is -2.34. The van der Waals surface area contributed by atoms with Gasteiger partial charge >= 0.3 is 0 Å². The van der Waals surface area contributed by atoms with Crippen molar-refractivity contribution >= 4 is 50.7 Å². The molecule has 136 valence electrons. The first-order valence-corrected chi connectivity index (χ1v) is 9.86. The first-order valence-electron chi connectivity index (χ1n) is 7.12. The van der Waals surface area contributed by atoms with Gasteiger partial charge in [-0.05, 0) is 24.8 Å². The topological polar surface area (TPSA) is 118 Å². The highest BCUT2D eigenvalue weighted by Crippen LogP contribution is 2.31. The van der Waals surface area contributed by atoms with Crippen LogP contribution in [0.25, 0.3) is 0 Å². The number of sulfonamides is 1. The van der Waals surface area contributed by atoms with Crippen molar-refractivity contribution in [1.82, 2.24) is 10.5 Å². The zero-order chi connectivity index (χ0) is 18.9. The summed E-state index contributed by atoms with van der Waals surface area (Å²) in [5, 5.41) is 7.28. The first kappa shape index (κ1) is 19.4. The number of hydrogen-bond donors (Lipinski definition) is 2. The number of imide groups is 1. The average molecular weight is 406 g/mol. The standard InChI is InChI=1S/C14H16ClN3O5S2/c1-6(2)12(19)16-13(20)10-11(7(3)5-24-10)25(21,22)18-14-9(15)8(4)17-23-14/h5-6,18H,1-4H3,(H,16,19,20). The maximum atomic E-state index is 12.7. The molecule has 0 aliphatic carbocycles. The van der Waals surface area contributed by atoms with Crippen LogP contribution in [0.1, 0.15) is 34.8 Å². The van der Waals surface area contributed by atoms with E-state index < -0.39 is 27.8 Å². The quantitative estimate of drug-likeness (QED) is 0.789. The molecule has 11 heteroatoms. The Morgan fingerprint density at radius 3 is 2.48 bits per heavy atom. The minimum absolute atomic E-state index is 0.0254. The molecule has 25 heavy (non-hydrogen) atoms. The number of aromatic nitrogens is 1. The molecule has 8 nitrogen and oxygen atoms in total. The van der Waals surface area contributed by atoms with Crippen molar-refractivity contribution in [1.29, 1.82) is 0 Å². The molecule has 0 saturated carbocycles. The van der Waals surface area contributed by atoms with Gasteiger partial charge in [0.05, 0.1) is 0 Å². The van der Waals surface area contributed by atoms with Gasteiger partial charge in [-0.25, -0.2) is 13.1 Å². The number of aryl methyl sites for hydroxylation is 2. The van der Waals surface area contributed by atoms with E-state index in [9.17, 15) is 18.0 Å². The Hall–Kier alpha value is -1.91. The average Bonchev–Trinajstić information content (AvgIpc) is 3.05. The third-order valence-corrected chi connectivity index (χ3v) is 6.36. The molecular weight excluding hydrogens is 390 g/mol. The molecule has 0 atom stereocenters. The fourth-order valence-corrected chi connectivity index (χ4v) is 4.70. The molecule has 0 aliphatic rings. The lowest BCUT2D eigenvalue weighted by atomic mass is 10.2. The number of thiophene rings is 1. The molecule has 2 amide bonds. The maximum absolute atomic E-state index is 12.7. The molecule has 2 N–H and O–H groups in total. The summed E-state index contributed by atoms with van der Waals surface area (Å²) in [6.45, 7) is 6.33. The molecule has 0 bridgehead atoms. The van der Waals surface area contributed by atoms with Gasteiger partial charge in [-0.3, -0.25) is 14.9 Å². The van der Waals surface area contributed by atoms with E-state index in [0.717, 1.165) is 11.3 Å². The first-order chi connectivity index (χ1) is 11.5. The Bertz CT molecular complexity index is 930. The predicted octanol–water partition coefficient (Wildman–Crippen LogP) is 2.72. The van der Waals surface area contributed by atoms with Crippen LogP contribution < -0.4 is 10.0 Å².